The Labute approximate surface area is 125 Å². The van der Waals surface area contributed by atoms with Crippen LogP contribution in [0.15, 0.2) is 27.4 Å². The van der Waals surface area contributed by atoms with Crippen molar-refractivity contribution in [3.05, 3.63) is 34.3 Å². The van der Waals surface area contributed by atoms with E-state index in [1.54, 1.807) is 0 Å². The van der Waals surface area contributed by atoms with E-state index < -0.39 is 5.76 Å². The van der Waals surface area contributed by atoms with Gasteiger partial charge in [-0.25, -0.2) is 4.79 Å². The molecule has 1 atom stereocenters. The quantitative estimate of drug-likeness (QED) is 0.678. The zero-order valence-electron chi connectivity index (χ0n) is 12.9. The van der Waals surface area contributed by atoms with Crippen LogP contribution in [-0.4, -0.2) is 4.98 Å². The van der Waals surface area contributed by atoms with Crippen LogP contribution < -0.4 is 11.5 Å². The monoisotopic (exact) mass is 290 g/mol. The highest BCUT2D eigenvalue weighted by molar-refractivity contribution is 5.72. The van der Waals surface area contributed by atoms with Crippen LogP contribution in [0.1, 0.15) is 69.9 Å². The molecule has 1 aromatic carbocycles. The standard InChI is InChI=1S/C17H26N2O2/c1-2-3-4-5-6-7-8-9-14(18)13-10-11-15-16(12-13)21-17(20)19-15/h10-12,14H,2-9,18H2,1H3,(H,19,20). The van der Waals surface area contributed by atoms with Gasteiger partial charge in [-0.2, -0.15) is 0 Å². The van der Waals surface area contributed by atoms with Gasteiger partial charge in [0.25, 0.3) is 0 Å². The Balaban J connectivity index is 1.76. The van der Waals surface area contributed by atoms with E-state index in [-0.39, 0.29) is 6.04 Å². The smallest absolute Gasteiger partial charge is 0.408 e. The molecule has 0 saturated heterocycles. The molecule has 0 saturated carbocycles. The van der Waals surface area contributed by atoms with E-state index in [1.807, 2.05) is 18.2 Å². The lowest BCUT2D eigenvalue weighted by Gasteiger charge is -2.11. The van der Waals surface area contributed by atoms with Gasteiger partial charge < -0.3 is 10.2 Å². The van der Waals surface area contributed by atoms with Gasteiger partial charge in [-0.05, 0) is 24.1 Å². The molecule has 0 aliphatic heterocycles. The summed E-state index contributed by atoms with van der Waals surface area (Å²) in [6.07, 6.45) is 10.0. The number of aromatic amines is 1. The lowest BCUT2D eigenvalue weighted by molar-refractivity contribution is 0.538. The molecule has 1 unspecified atom stereocenters. The number of nitrogens with two attached hydrogens (primary N) is 1. The maximum atomic E-state index is 11.1. The van der Waals surface area contributed by atoms with Gasteiger partial charge in [0.15, 0.2) is 5.58 Å². The SMILES string of the molecule is CCCCCCCCCC(N)c1ccc2[nH]c(=O)oc2c1. The van der Waals surface area contributed by atoms with Crippen molar-refractivity contribution in [3.8, 4) is 0 Å². The summed E-state index contributed by atoms with van der Waals surface area (Å²) in [5.74, 6) is -0.414. The molecule has 4 nitrogen and oxygen atoms in total. The highest BCUT2D eigenvalue weighted by atomic mass is 16.4. The van der Waals surface area contributed by atoms with E-state index in [0.29, 0.717) is 5.58 Å². The van der Waals surface area contributed by atoms with E-state index >= 15 is 0 Å². The molecule has 21 heavy (non-hydrogen) atoms. The Hall–Kier alpha value is -1.55. The first-order valence-electron chi connectivity index (χ1n) is 8.09. The van der Waals surface area contributed by atoms with Gasteiger partial charge in [-0.1, -0.05) is 57.9 Å². The topological polar surface area (TPSA) is 72.0 Å². The highest BCUT2D eigenvalue weighted by Gasteiger charge is 2.08. The largest absolute Gasteiger partial charge is 0.417 e. The van der Waals surface area contributed by atoms with E-state index in [9.17, 15) is 4.79 Å². The van der Waals surface area contributed by atoms with Crippen LogP contribution in [0.2, 0.25) is 0 Å². The summed E-state index contributed by atoms with van der Waals surface area (Å²) in [4.78, 5) is 13.8. The van der Waals surface area contributed by atoms with Crippen LogP contribution in [0.4, 0.5) is 0 Å². The van der Waals surface area contributed by atoms with Crippen LogP contribution in [-0.2, 0) is 0 Å². The summed E-state index contributed by atoms with van der Waals surface area (Å²) in [6, 6.07) is 5.73. The van der Waals surface area contributed by atoms with Crippen molar-refractivity contribution in [1.29, 1.82) is 0 Å². The molecular weight excluding hydrogens is 264 g/mol. The fourth-order valence-electron chi connectivity index (χ4n) is 2.68. The van der Waals surface area contributed by atoms with E-state index in [4.69, 9.17) is 10.2 Å². The average Bonchev–Trinajstić information content (AvgIpc) is 2.85. The second-order valence-corrected chi connectivity index (χ2v) is 5.79. The lowest BCUT2D eigenvalue weighted by Crippen LogP contribution is -2.09. The normalized spacial score (nSPS) is 12.9. The number of aromatic nitrogens is 1. The Kier molecular flexibility index (Phi) is 6.05. The van der Waals surface area contributed by atoms with Crippen molar-refractivity contribution in [2.45, 2.75) is 64.3 Å². The Bertz CT molecular complexity index is 600. The summed E-state index contributed by atoms with van der Waals surface area (Å²) >= 11 is 0. The molecule has 0 spiro atoms. The van der Waals surface area contributed by atoms with E-state index in [1.165, 1.54) is 38.5 Å². The second-order valence-electron chi connectivity index (χ2n) is 5.79. The minimum absolute atomic E-state index is 0.0187. The molecule has 3 N–H and O–H groups in total. The lowest BCUT2D eigenvalue weighted by atomic mass is 10.00. The van der Waals surface area contributed by atoms with E-state index in [2.05, 4.69) is 11.9 Å². The molecule has 0 bridgehead atoms. The van der Waals surface area contributed by atoms with Gasteiger partial charge in [-0.15, -0.1) is 0 Å². The maximum Gasteiger partial charge on any atom is 0.417 e. The van der Waals surface area contributed by atoms with Crippen molar-refractivity contribution in [2.24, 2.45) is 5.73 Å². The third kappa shape index (κ3) is 4.74. The number of hydrogen-bond acceptors (Lipinski definition) is 3. The van der Waals surface area contributed by atoms with Gasteiger partial charge in [-0.3, -0.25) is 4.98 Å². The molecule has 2 rings (SSSR count). The van der Waals surface area contributed by atoms with Crippen molar-refractivity contribution < 1.29 is 4.42 Å². The minimum atomic E-state index is -0.414. The summed E-state index contributed by atoms with van der Waals surface area (Å²) < 4.78 is 5.07. The van der Waals surface area contributed by atoms with Crippen molar-refractivity contribution in [1.82, 2.24) is 4.98 Å². The third-order valence-electron chi connectivity index (χ3n) is 3.99. The van der Waals surface area contributed by atoms with Gasteiger partial charge in [0, 0.05) is 6.04 Å². The maximum absolute atomic E-state index is 11.1. The summed E-state index contributed by atoms with van der Waals surface area (Å²) in [5.41, 5.74) is 8.58. The molecule has 0 aliphatic rings. The zero-order valence-corrected chi connectivity index (χ0v) is 12.9. The van der Waals surface area contributed by atoms with Gasteiger partial charge in [0.2, 0.25) is 0 Å². The van der Waals surface area contributed by atoms with Crippen LogP contribution >= 0.6 is 0 Å². The number of H-pyrrole nitrogens is 1. The van der Waals surface area contributed by atoms with E-state index in [0.717, 1.165) is 23.9 Å². The molecule has 1 aromatic heterocycles. The van der Waals surface area contributed by atoms with Crippen molar-refractivity contribution in [2.75, 3.05) is 0 Å². The fraction of sp³-hybridized carbons (Fsp3) is 0.588. The number of oxazole rings is 1. The third-order valence-corrected chi connectivity index (χ3v) is 3.99. The molecule has 4 heteroatoms. The van der Waals surface area contributed by atoms with Gasteiger partial charge in [0.1, 0.15) is 0 Å². The van der Waals surface area contributed by atoms with Crippen molar-refractivity contribution in [3.63, 3.8) is 0 Å². The number of fused-ring (bicyclic) bond motifs is 1. The predicted molar refractivity (Wildman–Crippen MR) is 86.4 cm³/mol. The predicted octanol–water partition coefficient (Wildman–Crippen LogP) is 4.26. The molecule has 0 radical (unpaired) electrons. The summed E-state index contributed by atoms with van der Waals surface area (Å²) in [7, 11) is 0. The molecule has 0 amide bonds. The first-order valence-corrected chi connectivity index (χ1v) is 8.09. The first kappa shape index (κ1) is 15.8. The number of nitrogens with one attached hydrogen (secondary N) is 1. The highest BCUT2D eigenvalue weighted by Crippen LogP contribution is 2.21. The van der Waals surface area contributed by atoms with Crippen LogP contribution in [0.5, 0.6) is 0 Å². The summed E-state index contributed by atoms with van der Waals surface area (Å²) in [6.45, 7) is 2.24. The average molecular weight is 290 g/mol. The summed E-state index contributed by atoms with van der Waals surface area (Å²) in [5, 5.41) is 0. The molecule has 2 aromatic rings. The Morgan fingerprint density at radius 1 is 1.14 bits per heavy atom. The van der Waals surface area contributed by atoms with Crippen LogP contribution in [0.25, 0.3) is 11.1 Å². The van der Waals surface area contributed by atoms with Gasteiger partial charge >= 0.3 is 5.76 Å². The number of unbranched alkanes of at least 4 members (excludes halogenated alkanes) is 6. The number of hydrogen-bond donors (Lipinski definition) is 2. The zero-order chi connectivity index (χ0) is 15.1. The van der Waals surface area contributed by atoms with Gasteiger partial charge in [0.05, 0.1) is 5.52 Å². The second kappa shape index (κ2) is 8.03. The first-order chi connectivity index (χ1) is 10.2. The molecule has 0 aliphatic carbocycles. The minimum Gasteiger partial charge on any atom is -0.408 e. The molecule has 116 valence electrons. The van der Waals surface area contributed by atoms with Crippen LogP contribution in [0.3, 0.4) is 0 Å². The molecule has 1 heterocycles. The Morgan fingerprint density at radius 3 is 2.62 bits per heavy atom. The fourth-order valence-corrected chi connectivity index (χ4v) is 2.68. The van der Waals surface area contributed by atoms with Crippen molar-refractivity contribution >= 4 is 11.1 Å². The Morgan fingerprint density at radius 2 is 1.86 bits per heavy atom. The number of rotatable bonds is 9. The number of benzene rings is 1. The van der Waals surface area contributed by atoms with Crippen LogP contribution in [0, 0.1) is 0 Å². The molecule has 0 fully saturated rings. The molecular formula is C17H26N2O2.